The zero-order valence-corrected chi connectivity index (χ0v) is 24.6. The number of alkyl halides is 3. The van der Waals surface area contributed by atoms with Crippen LogP contribution >= 0.6 is 0 Å². The second kappa shape index (κ2) is 12.3. The van der Waals surface area contributed by atoms with Gasteiger partial charge in [-0.15, -0.1) is 13.2 Å². The van der Waals surface area contributed by atoms with Crippen molar-refractivity contribution < 1.29 is 41.0 Å². The SMILES string of the molecule is CCCC(NCC1Nc2nc(C)c(C)c3c(F)c(-c4cc(N)cc(F)c4OC(F)(F)F)nc(c23)OC1C)C(=O)OC(C)C. The number of carbonyl (C=O) groups is 1. The molecule has 1 aromatic carbocycles. The molecule has 3 heterocycles. The summed E-state index contributed by atoms with van der Waals surface area (Å²) in [5.74, 6) is -4.06. The molecule has 234 valence electrons. The number of halogens is 5. The molecule has 4 N–H and O–H groups in total. The lowest BCUT2D eigenvalue weighted by Gasteiger charge is -2.26. The Kier molecular flexibility index (Phi) is 9.19. The van der Waals surface area contributed by atoms with E-state index in [1.165, 1.54) is 0 Å². The lowest BCUT2D eigenvalue weighted by molar-refractivity contribution is -0.275. The summed E-state index contributed by atoms with van der Waals surface area (Å²) in [5.41, 5.74) is 4.97. The summed E-state index contributed by atoms with van der Waals surface area (Å²) in [7, 11) is 0. The molecule has 3 unspecified atom stereocenters. The van der Waals surface area contributed by atoms with Crippen LogP contribution in [0.25, 0.3) is 22.0 Å². The third kappa shape index (κ3) is 6.84. The number of rotatable bonds is 9. The van der Waals surface area contributed by atoms with E-state index in [1.54, 1.807) is 34.6 Å². The van der Waals surface area contributed by atoms with Crippen molar-refractivity contribution in [1.29, 1.82) is 0 Å². The number of benzene rings is 1. The van der Waals surface area contributed by atoms with Crippen LogP contribution in [0.5, 0.6) is 11.6 Å². The fourth-order valence-electron chi connectivity index (χ4n) is 4.92. The molecule has 3 atom stereocenters. The van der Waals surface area contributed by atoms with Gasteiger partial charge in [0, 0.05) is 29.4 Å². The Morgan fingerprint density at radius 1 is 1.19 bits per heavy atom. The van der Waals surface area contributed by atoms with Crippen molar-refractivity contribution in [3.8, 4) is 22.9 Å². The molecule has 9 nitrogen and oxygen atoms in total. The number of esters is 1. The first-order valence-corrected chi connectivity index (χ1v) is 13.8. The summed E-state index contributed by atoms with van der Waals surface area (Å²) in [6, 6.07) is 0.484. The number of hydrogen-bond acceptors (Lipinski definition) is 9. The van der Waals surface area contributed by atoms with Crippen LogP contribution in [-0.2, 0) is 9.53 Å². The number of ether oxygens (including phenoxy) is 3. The summed E-state index contributed by atoms with van der Waals surface area (Å²) in [5, 5.41) is 6.60. The van der Waals surface area contributed by atoms with Gasteiger partial charge in [0.1, 0.15) is 23.7 Å². The van der Waals surface area contributed by atoms with Gasteiger partial charge in [-0.2, -0.15) is 0 Å². The number of hydrogen-bond donors (Lipinski definition) is 3. The third-order valence-corrected chi connectivity index (χ3v) is 7.06. The highest BCUT2D eigenvalue weighted by molar-refractivity contribution is 6.01. The van der Waals surface area contributed by atoms with E-state index in [0.717, 1.165) is 12.5 Å². The quantitative estimate of drug-likeness (QED) is 0.153. The van der Waals surface area contributed by atoms with Crippen LogP contribution < -0.4 is 25.8 Å². The molecule has 1 aliphatic heterocycles. The van der Waals surface area contributed by atoms with E-state index in [-0.39, 0.29) is 40.8 Å². The molecule has 4 rings (SSSR count). The smallest absolute Gasteiger partial charge is 0.472 e. The maximum atomic E-state index is 16.3. The number of pyridine rings is 2. The van der Waals surface area contributed by atoms with E-state index in [2.05, 4.69) is 25.3 Å². The molecule has 0 spiro atoms. The second-order valence-electron chi connectivity index (χ2n) is 10.7. The fraction of sp³-hybridized carbons (Fsp3) is 0.483. The molecule has 14 heteroatoms. The van der Waals surface area contributed by atoms with Crippen molar-refractivity contribution in [2.45, 2.75) is 85.0 Å². The first-order chi connectivity index (χ1) is 20.1. The Hall–Kier alpha value is -3.94. The van der Waals surface area contributed by atoms with Gasteiger partial charge in [-0.05, 0) is 52.7 Å². The molecule has 0 aliphatic carbocycles. The molecule has 0 saturated carbocycles. The van der Waals surface area contributed by atoms with Crippen LogP contribution in [0.2, 0.25) is 0 Å². The minimum absolute atomic E-state index is 0.0269. The van der Waals surface area contributed by atoms with Crippen molar-refractivity contribution in [1.82, 2.24) is 15.3 Å². The lowest BCUT2D eigenvalue weighted by atomic mass is 10.0. The number of nitrogens with one attached hydrogen (secondary N) is 2. The summed E-state index contributed by atoms with van der Waals surface area (Å²) >= 11 is 0. The Labute approximate surface area is 245 Å². The number of carbonyl (C=O) groups excluding carboxylic acids is 1. The number of nitrogen functional groups attached to an aromatic ring is 1. The van der Waals surface area contributed by atoms with Gasteiger partial charge in [0.05, 0.1) is 23.1 Å². The number of nitrogens with zero attached hydrogens (tertiary/aromatic N) is 2. The van der Waals surface area contributed by atoms with Crippen LogP contribution in [0.4, 0.5) is 33.5 Å². The van der Waals surface area contributed by atoms with Gasteiger partial charge in [-0.1, -0.05) is 13.3 Å². The van der Waals surface area contributed by atoms with Crippen molar-refractivity contribution in [2.75, 3.05) is 17.6 Å². The molecule has 3 aromatic rings. The molecule has 0 fully saturated rings. The highest BCUT2D eigenvalue weighted by atomic mass is 19.4. The predicted molar refractivity (Wildman–Crippen MR) is 151 cm³/mol. The number of anilines is 2. The molecule has 43 heavy (non-hydrogen) atoms. The van der Waals surface area contributed by atoms with Gasteiger partial charge < -0.3 is 30.6 Å². The third-order valence-electron chi connectivity index (χ3n) is 7.06. The van der Waals surface area contributed by atoms with Gasteiger partial charge in [0.15, 0.2) is 17.4 Å². The van der Waals surface area contributed by atoms with Gasteiger partial charge in [-0.25, -0.2) is 18.7 Å². The van der Waals surface area contributed by atoms with Crippen LogP contribution in [0.3, 0.4) is 0 Å². The van der Waals surface area contributed by atoms with Crippen LogP contribution in [0.1, 0.15) is 51.8 Å². The topological polar surface area (TPSA) is 121 Å². The van der Waals surface area contributed by atoms with Gasteiger partial charge in [0.25, 0.3) is 0 Å². The normalized spacial score (nSPS) is 17.3. The van der Waals surface area contributed by atoms with Crippen molar-refractivity contribution in [3.05, 3.63) is 35.0 Å². The van der Waals surface area contributed by atoms with Gasteiger partial charge in [0.2, 0.25) is 5.88 Å². The average Bonchev–Trinajstić information content (AvgIpc) is 3.01. The van der Waals surface area contributed by atoms with Gasteiger partial charge in [-0.3, -0.25) is 4.79 Å². The van der Waals surface area contributed by atoms with Crippen molar-refractivity contribution in [2.24, 2.45) is 0 Å². The van der Waals surface area contributed by atoms with E-state index in [1.807, 2.05) is 6.92 Å². The maximum absolute atomic E-state index is 16.3. The zero-order chi connectivity index (χ0) is 31.8. The molecule has 0 amide bonds. The highest BCUT2D eigenvalue weighted by Crippen LogP contribution is 2.44. The minimum Gasteiger partial charge on any atom is -0.472 e. The fourth-order valence-corrected chi connectivity index (χ4v) is 4.92. The lowest BCUT2D eigenvalue weighted by Crippen LogP contribution is -2.48. The molecule has 0 radical (unpaired) electrons. The average molecular weight is 612 g/mol. The van der Waals surface area contributed by atoms with Crippen molar-refractivity contribution in [3.63, 3.8) is 0 Å². The Bertz CT molecular complexity index is 1530. The molecular formula is C29H34F5N5O4. The van der Waals surface area contributed by atoms with Gasteiger partial charge >= 0.3 is 12.3 Å². The Morgan fingerprint density at radius 2 is 1.88 bits per heavy atom. The molecule has 0 bridgehead atoms. The van der Waals surface area contributed by atoms with E-state index in [4.69, 9.17) is 15.2 Å². The summed E-state index contributed by atoms with van der Waals surface area (Å²) in [6.45, 7) is 10.6. The molecule has 0 saturated heterocycles. The van der Waals surface area contributed by atoms with E-state index in [0.29, 0.717) is 23.7 Å². The van der Waals surface area contributed by atoms with E-state index < -0.39 is 59.2 Å². The number of aryl methyl sites for hydroxylation is 2. The Morgan fingerprint density at radius 3 is 2.51 bits per heavy atom. The minimum atomic E-state index is -5.28. The predicted octanol–water partition coefficient (Wildman–Crippen LogP) is 5.94. The molecular weight excluding hydrogens is 577 g/mol. The second-order valence-corrected chi connectivity index (χ2v) is 10.7. The van der Waals surface area contributed by atoms with Crippen LogP contribution in [0.15, 0.2) is 12.1 Å². The monoisotopic (exact) mass is 611 g/mol. The van der Waals surface area contributed by atoms with Crippen LogP contribution in [-0.4, -0.2) is 53.1 Å². The van der Waals surface area contributed by atoms with Crippen LogP contribution in [0, 0.1) is 25.5 Å². The summed E-state index contributed by atoms with van der Waals surface area (Å²) < 4.78 is 86.2. The zero-order valence-electron chi connectivity index (χ0n) is 24.6. The largest absolute Gasteiger partial charge is 0.573 e. The standard InChI is InChI=1S/C29H34F5N5O4/c1-7-8-19(28(40)41-12(2)3)36-11-20-15(6)42-27-22-21(13(4)14(5)37-26(22)38-20)23(31)24(39-27)17-9-16(35)10-18(30)25(17)43-29(32,33)34/h9-10,12,15,19-20,36H,7-8,11,35H2,1-6H3,(H,37,38). The summed E-state index contributed by atoms with van der Waals surface area (Å²) in [4.78, 5) is 21.5. The number of aromatic nitrogens is 2. The summed E-state index contributed by atoms with van der Waals surface area (Å²) in [6.07, 6.45) is -4.99. The highest BCUT2D eigenvalue weighted by Gasteiger charge is 2.36. The van der Waals surface area contributed by atoms with E-state index in [9.17, 15) is 22.4 Å². The van der Waals surface area contributed by atoms with E-state index >= 15 is 4.39 Å². The molecule has 1 aliphatic rings. The Balaban J connectivity index is 1.81. The number of nitrogens with two attached hydrogens (primary N) is 1. The molecule has 2 aromatic heterocycles. The first kappa shape index (κ1) is 32.0. The first-order valence-electron chi connectivity index (χ1n) is 13.8. The van der Waals surface area contributed by atoms with Crippen molar-refractivity contribution >= 4 is 28.2 Å². The maximum Gasteiger partial charge on any atom is 0.573 e.